The van der Waals surface area contributed by atoms with Crippen LogP contribution in [-0.2, 0) is 11.3 Å². The van der Waals surface area contributed by atoms with Gasteiger partial charge in [0.2, 0.25) is 0 Å². The van der Waals surface area contributed by atoms with Gasteiger partial charge in [-0.1, -0.05) is 12.1 Å². The summed E-state index contributed by atoms with van der Waals surface area (Å²) < 4.78 is 19.4. The molecular formula is C23H25FN2O4. The maximum atomic E-state index is 13.5. The average Bonchev–Trinajstić information content (AvgIpc) is 2.74. The summed E-state index contributed by atoms with van der Waals surface area (Å²) >= 11 is 0. The van der Waals surface area contributed by atoms with E-state index in [0.29, 0.717) is 22.7 Å². The zero-order valence-electron chi connectivity index (χ0n) is 16.9. The van der Waals surface area contributed by atoms with Crippen LogP contribution in [0.15, 0.2) is 42.5 Å². The molecule has 7 heteroatoms. The van der Waals surface area contributed by atoms with Crippen molar-refractivity contribution in [3.05, 3.63) is 65.0 Å². The maximum Gasteiger partial charge on any atom is 0.414 e. The molecule has 5 rings (SSSR count). The Morgan fingerprint density at radius 1 is 1.17 bits per heavy atom. The normalized spacial score (nSPS) is 22.5. The van der Waals surface area contributed by atoms with Gasteiger partial charge >= 0.3 is 12.1 Å². The van der Waals surface area contributed by atoms with Crippen LogP contribution in [0.25, 0.3) is 0 Å². The highest BCUT2D eigenvalue weighted by atomic mass is 19.1. The zero-order chi connectivity index (χ0) is 21.3. The highest BCUT2D eigenvalue weighted by molar-refractivity contribution is 5.90. The van der Waals surface area contributed by atoms with Gasteiger partial charge < -0.3 is 9.84 Å². The molecule has 0 aromatic heterocycles. The molecule has 0 saturated carbocycles. The SMILES string of the molecule is Cc1c(CN(C(=O)O[C@H]2CN3CCC2CC3)c2ccc(F)cc2)cccc1C(=O)O. The molecular weight excluding hydrogens is 387 g/mol. The Morgan fingerprint density at radius 3 is 2.47 bits per heavy atom. The first-order valence-corrected chi connectivity index (χ1v) is 10.2. The fraction of sp³-hybridized carbons (Fsp3) is 0.391. The van der Waals surface area contributed by atoms with Gasteiger partial charge in [-0.25, -0.2) is 14.0 Å². The summed E-state index contributed by atoms with van der Waals surface area (Å²) in [5.41, 5.74) is 1.98. The molecule has 3 aliphatic rings. The minimum absolute atomic E-state index is 0.137. The first-order chi connectivity index (χ1) is 14.4. The highest BCUT2D eigenvalue weighted by Crippen LogP contribution is 2.31. The minimum Gasteiger partial charge on any atom is -0.478 e. The van der Waals surface area contributed by atoms with E-state index in [4.69, 9.17) is 4.74 Å². The number of halogens is 1. The fourth-order valence-electron chi connectivity index (χ4n) is 4.38. The molecule has 3 saturated heterocycles. The van der Waals surface area contributed by atoms with Gasteiger partial charge in [0.1, 0.15) is 11.9 Å². The van der Waals surface area contributed by atoms with Crippen LogP contribution < -0.4 is 4.90 Å². The Morgan fingerprint density at radius 2 is 1.87 bits per heavy atom. The monoisotopic (exact) mass is 412 g/mol. The molecule has 2 aromatic rings. The number of amides is 1. The van der Waals surface area contributed by atoms with Gasteiger partial charge in [0.25, 0.3) is 0 Å². The van der Waals surface area contributed by atoms with Crippen LogP contribution in [-0.4, -0.2) is 47.8 Å². The van der Waals surface area contributed by atoms with E-state index in [1.54, 1.807) is 19.1 Å². The number of carboxylic acids is 1. The molecule has 3 aliphatic heterocycles. The first kappa shape index (κ1) is 20.3. The fourth-order valence-corrected chi connectivity index (χ4v) is 4.38. The van der Waals surface area contributed by atoms with E-state index < -0.39 is 17.9 Å². The number of hydrogen-bond acceptors (Lipinski definition) is 4. The predicted molar refractivity (Wildman–Crippen MR) is 110 cm³/mol. The molecule has 2 aromatic carbocycles. The summed E-state index contributed by atoms with van der Waals surface area (Å²) in [6.07, 6.45) is 1.39. The number of aromatic carboxylic acids is 1. The van der Waals surface area contributed by atoms with Gasteiger partial charge in [-0.3, -0.25) is 9.80 Å². The van der Waals surface area contributed by atoms with Crippen molar-refractivity contribution in [3.8, 4) is 0 Å². The summed E-state index contributed by atoms with van der Waals surface area (Å²) in [5, 5.41) is 9.41. The molecule has 1 amide bonds. The Labute approximate surface area is 174 Å². The van der Waals surface area contributed by atoms with E-state index in [1.165, 1.54) is 35.2 Å². The number of rotatable bonds is 5. The third-order valence-electron chi connectivity index (χ3n) is 6.21. The van der Waals surface area contributed by atoms with Crippen molar-refractivity contribution in [2.45, 2.75) is 32.4 Å². The number of fused-ring (bicyclic) bond motifs is 3. The molecule has 0 radical (unpaired) electrons. The van der Waals surface area contributed by atoms with E-state index in [1.807, 2.05) is 0 Å². The van der Waals surface area contributed by atoms with Crippen molar-refractivity contribution < 1.29 is 23.8 Å². The first-order valence-electron chi connectivity index (χ1n) is 10.2. The second-order valence-electron chi connectivity index (χ2n) is 8.02. The lowest BCUT2D eigenvalue weighted by Crippen LogP contribution is -2.53. The van der Waals surface area contributed by atoms with Crippen molar-refractivity contribution in [2.24, 2.45) is 5.92 Å². The van der Waals surface area contributed by atoms with Crippen molar-refractivity contribution in [1.29, 1.82) is 0 Å². The molecule has 158 valence electrons. The number of ether oxygens (including phenoxy) is 1. The van der Waals surface area contributed by atoms with Crippen LogP contribution in [0.1, 0.15) is 34.3 Å². The van der Waals surface area contributed by atoms with Gasteiger partial charge in [0.05, 0.1) is 12.1 Å². The molecule has 1 N–H and O–H groups in total. The Bertz CT molecular complexity index is 939. The predicted octanol–water partition coefficient (Wildman–Crippen LogP) is 4.07. The van der Waals surface area contributed by atoms with Crippen molar-refractivity contribution >= 4 is 17.7 Å². The number of anilines is 1. The second kappa shape index (κ2) is 8.44. The lowest BCUT2D eigenvalue weighted by Gasteiger charge is -2.44. The number of carboxylic acid groups (broad SMARTS) is 1. The largest absolute Gasteiger partial charge is 0.478 e. The number of hydrogen-bond donors (Lipinski definition) is 1. The third-order valence-corrected chi connectivity index (χ3v) is 6.21. The Hall–Kier alpha value is -2.93. The van der Waals surface area contributed by atoms with Crippen LogP contribution in [0.5, 0.6) is 0 Å². The van der Waals surface area contributed by atoms with E-state index in [2.05, 4.69) is 4.90 Å². The number of benzene rings is 2. The van der Waals surface area contributed by atoms with Gasteiger partial charge in [0.15, 0.2) is 0 Å². The number of carbonyl (C=O) groups is 2. The lowest BCUT2D eigenvalue weighted by atomic mass is 9.86. The Kier molecular flexibility index (Phi) is 5.72. The van der Waals surface area contributed by atoms with E-state index in [-0.39, 0.29) is 18.2 Å². The molecule has 6 nitrogen and oxygen atoms in total. The summed E-state index contributed by atoms with van der Waals surface area (Å²) in [7, 11) is 0. The quantitative estimate of drug-likeness (QED) is 0.802. The minimum atomic E-state index is -1.02. The smallest absolute Gasteiger partial charge is 0.414 e. The number of piperidine rings is 3. The van der Waals surface area contributed by atoms with Crippen LogP contribution in [0.2, 0.25) is 0 Å². The van der Waals surface area contributed by atoms with Crippen molar-refractivity contribution in [3.63, 3.8) is 0 Å². The topological polar surface area (TPSA) is 70.1 Å². The van der Waals surface area contributed by atoms with Crippen molar-refractivity contribution in [2.75, 3.05) is 24.5 Å². The van der Waals surface area contributed by atoms with Crippen LogP contribution >= 0.6 is 0 Å². The highest BCUT2D eigenvalue weighted by Gasteiger charge is 2.37. The van der Waals surface area contributed by atoms with Gasteiger partial charge in [-0.15, -0.1) is 0 Å². The van der Waals surface area contributed by atoms with Gasteiger partial charge in [0, 0.05) is 12.2 Å². The van der Waals surface area contributed by atoms with E-state index in [9.17, 15) is 19.1 Å². The average molecular weight is 412 g/mol. The molecule has 0 aliphatic carbocycles. The van der Waals surface area contributed by atoms with Crippen LogP contribution in [0.3, 0.4) is 0 Å². The molecule has 30 heavy (non-hydrogen) atoms. The van der Waals surface area contributed by atoms with E-state index >= 15 is 0 Å². The maximum absolute atomic E-state index is 13.5. The zero-order valence-corrected chi connectivity index (χ0v) is 16.9. The third kappa shape index (κ3) is 4.16. The second-order valence-corrected chi connectivity index (χ2v) is 8.02. The Balaban J connectivity index is 1.60. The van der Waals surface area contributed by atoms with Crippen molar-refractivity contribution in [1.82, 2.24) is 4.90 Å². The lowest BCUT2D eigenvalue weighted by molar-refractivity contribution is -0.0311. The van der Waals surface area contributed by atoms with Crippen LogP contribution in [0, 0.1) is 18.7 Å². The molecule has 3 fully saturated rings. The summed E-state index contributed by atoms with van der Waals surface area (Å²) in [5.74, 6) is -1.04. The van der Waals surface area contributed by atoms with Gasteiger partial charge in [-0.05, 0) is 80.2 Å². The molecule has 0 unspecified atom stereocenters. The summed E-state index contributed by atoms with van der Waals surface area (Å²) in [6.45, 7) is 4.68. The number of nitrogens with zero attached hydrogens (tertiary/aromatic N) is 2. The van der Waals surface area contributed by atoms with Crippen LogP contribution in [0.4, 0.5) is 14.9 Å². The molecule has 2 bridgehead atoms. The molecule has 0 spiro atoms. The van der Waals surface area contributed by atoms with E-state index in [0.717, 1.165) is 32.5 Å². The molecule has 1 atom stereocenters. The number of carbonyl (C=O) groups excluding carboxylic acids is 1. The standard InChI is InChI=1S/C23H25FN2O4/c1-15-17(3-2-4-20(15)22(27)28)13-26(19-7-5-18(24)6-8-19)23(29)30-21-14-25-11-9-16(21)10-12-25/h2-8,16,21H,9-14H2,1H3,(H,27,28)/t21-/m0/s1. The summed E-state index contributed by atoms with van der Waals surface area (Å²) in [4.78, 5) is 28.4. The van der Waals surface area contributed by atoms with Gasteiger partial charge in [-0.2, -0.15) is 0 Å². The molecule has 3 heterocycles. The summed E-state index contributed by atoms with van der Waals surface area (Å²) in [6, 6.07) is 10.6.